The SMILES string of the molecule is CC\C=C/C=C\C=C/C=C\CCCCCC(=O)OCC(COC(=O)CC/C=C\C/C=C\C/C=C\C/C=C\C/C=C\C/C=C\CC)OC(=O)CCCCCCC\C=C/C=C\C=C/C=C\CCCCC. The van der Waals surface area contributed by atoms with Crippen molar-refractivity contribution in [3.8, 4) is 0 Å². The van der Waals surface area contributed by atoms with Crippen molar-refractivity contribution >= 4 is 17.9 Å². The molecule has 6 nitrogen and oxygen atoms in total. The van der Waals surface area contributed by atoms with Gasteiger partial charge in [-0.05, 0) is 103 Å². The molecule has 0 rings (SSSR count). The highest BCUT2D eigenvalue weighted by Gasteiger charge is 2.19. The van der Waals surface area contributed by atoms with Crippen molar-refractivity contribution in [1.29, 1.82) is 0 Å². The fourth-order valence-corrected chi connectivity index (χ4v) is 6.25. The number of hydrogen-bond acceptors (Lipinski definition) is 6. The third-order valence-electron chi connectivity index (χ3n) is 10.1. The minimum atomic E-state index is -0.847. The lowest BCUT2D eigenvalue weighted by Gasteiger charge is -2.18. The minimum Gasteiger partial charge on any atom is -0.462 e. The molecule has 0 aliphatic rings. The van der Waals surface area contributed by atoms with E-state index in [9.17, 15) is 14.4 Å². The Bertz CT molecular complexity index is 1640. The van der Waals surface area contributed by atoms with Crippen molar-refractivity contribution in [3.05, 3.63) is 170 Å². The standard InChI is InChI=1S/C62H92O6/c1-4-7-10-13-16-19-22-25-27-29-31-33-34-37-40-43-46-49-52-55-61(64)67-58-59(57-66-60(63)54-51-48-45-42-39-36-24-21-18-15-12-9-6-3)68-62(65)56-53-50-47-44-41-38-35-32-30-28-26-23-20-17-14-11-8-5-2/h7,9-10,12,15-21,23-28,30-33,35-37,39-40,46,49,59H,4-6,8,11,13-14,22,29,34,38,41-45,47-48,50-58H2,1-3H3/b10-7-,12-9-,18-15-,19-16-,20-17-,24-21-,26-23-,27-25-,30-28-,33-31-,35-32-,39-36-,40-37-,49-46-. The number of allylic oxidation sites excluding steroid dienone is 28. The highest BCUT2D eigenvalue weighted by molar-refractivity contribution is 5.71. The Hall–Kier alpha value is -5.23. The van der Waals surface area contributed by atoms with E-state index < -0.39 is 6.10 Å². The lowest BCUT2D eigenvalue weighted by Crippen LogP contribution is -2.30. The molecule has 68 heavy (non-hydrogen) atoms. The van der Waals surface area contributed by atoms with E-state index in [-0.39, 0.29) is 50.4 Å². The van der Waals surface area contributed by atoms with Crippen molar-refractivity contribution in [2.75, 3.05) is 13.2 Å². The smallest absolute Gasteiger partial charge is 0.306 e. The molecule has 6 heteroatoms. The maximum absolute atomic E-state index is 12.8. The molecule has 0 fully saturated rings. The van der Waals surface area contributed by atoms with Crippen LogP contribution >= 0.6 is 0 Å². The maximum Gasteiger partial charge on any atom is 0.306 e. The fourth-order valence-electron chi connectivity index (χ4n) is 6.25. The Morgan fingerprint density at radius 2 is 0.676 bits per heavy atom. The van der Waals surface area contributed by atoms with Crippen molar-refractivity contribution in [3.63, 3.8) is 0 Å². The van der Waals surface area contributed by atoms with Gasteiger partial charge in [-0.15, -0.1) is 0 Å². The van der Waals surface area contributed by atoms with E-state index in [4.69, 9.17) is 14.2 Å². The molecule has 0 aromatic carbocycles. The highest BCUT2D eigenvalue weighted by atomic mass is 16.6. The molecule has 0 spiro atoms. The van der Waals surface area contributed by atoms with Crippen molar-refractivity contribution in [1.82, 2.24) is 0 Å². The van der Waals surface area contributed by atoms with Crippen molar-refractivity contribution in [2.24, 2.45) is 0 Å². The van der Waals surface area contributed by atoms with Gasteiger partial charge in [0.15, 0.2) is 6.10 Å². The molecule has 0 radical (unpaired) electrons. The summed E-state index contributed by atoms with van der Waals surface area (Å²) in [4.78, 5) is 38.0. The second-order valence-electron chi connectivity index (χ2n) is 16.5. The van der Waals surface area contributed by atoms with Crippen LogP contribution in [-0.2, 0) is 28.6 Å². The summed E-state index contributed by atoms with van der Waals surface area (Å²) in [6.45, 7) is 6.19. The van der Waals surface area contributed by atoms with E-state index in [0.717, 1.165) is 103 Å². The van der Waals surface area contributed by atoms with E-state index in [0.29, 0.717) is 19.3 Å². The molecule has 0 aliphatic carbocycles. The first-order chi connectivity index (χ1) is 33.5. The van der Waals surface area contributed by atoms with Crippen LogP contribution in [0.15, 0.2) is 170 Å². The normalized spacial score (nSPS) is 13.5. The molecule has 1 atom stereocenters. The average molecular weight is 933 g/mol. The van der Waals surface area contributed by atoms with Gasteiger partial charge in [0.25, 0.3) is 0 Å². The summed E-state index contributed by atoms with van der Waals surface area (Å²) in [5.41, 5.74) is 0. The largest absolute Gasteiger partial charge is 0.462 e. The third-order valence-corrected chi connectivity index (χ3v) is 10.1. The molecule has 0 saturated heterocycles. The first kappa shape index (κ1) is 62.8. The fraction of sp³-hybridized carbons (Fsp3) is 0.500. The summed E-state index contributed by atoms with van der Waals surface area (Å²) in [6, 6.07) is 0. The first-order valence-electron chi connectivity index (χ1n) is 26.2. The number of esters is 3. The van der Waals surface area contributed by atoms with Crippen LogP contribution in [0.1, 0.15) is 181 Å². The van der Waals surface area contributed by atoms with Gasteiger partial charge < -0.3 is 14.2 Å². The Morgan fingerprint density at radius 1 is 0.324 bits per heavy atom. The van der Waals surface area contributed by atoms with Crippen LogP contribution in [0.3, 0.4) is 0 Å². The van der Waals surface area contributed by atoms with Gasteiger partial charge in [-0.3, -0.25) is 14.4 Å². The van der Waals surface area contributed by atoms with Gasteiger partial charge in [0.05, 0.1) is 0 Å². The number of ether oxygens (including phenoxy) is 3. The number of carbonyl (C=O) groups excluding carboxylic acids is 3. The van der Waals surface area contributed by atoms with Crippen LogP contribution in [0.4, 0.5) is 0 Å². The number of carbonyl (C=O) groups is 3. The Kier molecular flexibility index (Phi) is 50.2. The number of hydrogen-bond donors (Lipinski definition) is 0. The monoisotopic (exact) mass is 933 g/mol. The molecule has 0 heterocycles. The second-order valence-corrected chi connectivity index (χ2v) is 16.5. The highest BCUT2D eigenvalue weighted by Crippen LogP contribution is 2.11. The van der Waals surface area contributed by atoms with E-state index in [1.54, 1.807) is 0 Å². The van der Waals surface area contributed by atoms with E-state index in [1.165, 1.54) is 19.3 Å². The van der Waals surface area contributed by atoms with Crippen LogP contribution in [0.2, 0.25) is 0 Å². The lowest BCUT2D eigenvalue weighted by molar-refractivity contribution is -0.166. The van der Waals surface area contributed by atoms with Crippen LogP contribution in [-0.4, -0.2) is 37.2 Å². The van der Waals surface area contributed by atoms with Gasteiger partial charge in [-0.25, -0.2) is 0 Å². The van der Waals surface area contributed by atoms with Gasteiger partial charge in [0.2, 0.25) is 0 Å². The predicted molar refractivity (Wildman–Crippen MR) is 292 cm³/mol. The van der Waals surface area contributed by atoms with Gasteiger partial charge in [0.1, 0.15) is 13.2 Å². The zero-order valence-electron chi connectivity index (χ0n) is 42.8. The third kappa shape index (κ3) is 51.7. The molecular weight excluding hydrogens is 841 g/mol. The topological polar surface area (TPSA) is 78.9 Å². The Morgan fingerprint density at radius 3 is 1.15 bits per heavy atom. The van der Waals surface area contributed by atoms with Gasteiger partial charge in [-0.2, -0.15) is 0 Å². The minimum absolute atomic E-state index is 0.141. The molecule has 0 bridgehead atoms. The molecule has 0 aliphatic heterocycles. The van der Waals surface area contributed by atoms with Crippen LogP contribution in [0.5, 0.6) is 0 Å². The molecule has 0 N–H and O–H groups in total. The summed E-state index contributed by atoms with van der Waals surface area (Å²) in [5, 5.41) is 0. The zero-order chi connectivity index (χ0) is 49.3. The summed E-state index contributed by atoms with van der Waals surface area (Å²) in [6.07, 6.45) is 80.6. The predicted octanol–water partition coefficient (Wildman–Crippen LogP) is 17.6. The first-order valence-corrected chi connectivity index (χ1v) is 26.2. The average Bonchev–Trinajstić information content (AvgIpc) is 3.34. The summed E-state index contributed by atoms with van der Waals surface area (Å²) < 4.78 is 16.7. The van der Waals surface area contributed by atoms with Gasteiger partial charge >= 0.3 is 17.9 Å². The van der Waals surface area contributed by atoms with E-state index in [2.05, 4.69) is 142 Å². The quantitative estimate of drug-likeness (QED) is 0.0199. The van der Waals surface area contributed by atoms with E-state index >= 15 is 0 Å². The Labute approximate surface area is 415 Å². The molecule has 1 unspecified atom stereocenters. The van der Waals surface area contributed by atoms with Crippen LogP contribution in [0, 0.1) is 0 Å². The molecule has 0 aromatic heterocycles. The van der Waals surface area contributed by atoms with Crippen LogP contribution in [0.25, 0.3) is 0 Å². The summed E-state index contributed by atoms with van der Waals surface area (Å²) in [7, 11) is 0. The van der Waals surface area contributed by atoms with E-state index in [1.807, 2.05) is 48.6 Å². The lowest BCUT2D eigenvalue weighted by atomic mass is 10.1. The zero-order valence-corrected chi connectivity index (χ0v) is 42.8. The Balaban J connectivity index is 4.65. The van der Waals surface area contributed by atoms with Crippen LogP contribution < -0.4 is 0 Å². The number of rotatable bonds is 44. The van der Waals surface area contributed by atoms with Gasteiger partial charge in [-0.1, -0.05) is 229 Å². The molecule has 0 amide bonds. The van der Waals surface area contributed by atoms with Crippen molar-refractivity contribution < 1.29 is 28.6 Å². The molecule has 0 saturated carbocycles. The second kappa shape index (κ2) is 54.4. The number of unbranched alkanes of at least 4 members (excludes halogenated alkanes) is 11. The summed E-state index contributed by atoms with van der Waals surface area (Å²) >= 11 is 0. The summed E-state index contributed by atoms with van der Waals surface area (Å²) in [5.74, 6) is -1.10. The van der Waals surface area contributed by atoms with Gasteiger partial charge in [0, 0.05) is 19.3 Å². The van der Waals surface area contributed by atoms with Crippen molar-refractivity contribution in [2.45, 2.75) is 187 Å². The molecular formula is C62H92O6. The molecule has 376 valence electrons. The maximum atomic E-state index is 12.8. The molecule has 0 aromatic rings.